The van der Waals surface area contributed by atoms with Crippen LogP contribution in [0.3, 0.4) is 0 Å². The van der Waals surface area contributed by atoms with E-state index in [1.54, 1.807) is 4.88 Å². The molecule has 1 unspecified atom stereocenters. The van der Waals surface area contributed by atoms with Crippen molar-refractivity contribution < 1.29 is 0 Å². The third-order valence-electron chi connectivity index (χ3n) is 3.97. The third kappa shape index (κ3) is 2.42. The van der Waals surface area contributed by atoms with Crippen molar-refractivity contribution in [3.63, 3.8) is 0 Å². The van der Waals surface area contributed by atoms with Gasteiger partial charge in [0.2, 0.25) is 0 Å². The van der Waals surface area contributed by atoms with Crippen molar-refractivity contribution >= 4 is 11.3 Å². The van der Waals surface area contributed by atoms with Gasteiger partial charge < -0.3 is 5.32 Å². The Morgan fingerprint density at radius 2 is 2.29 bits per heavy atom. The number of thiophene rings is 1. The summed E-state index contributed by atoms with van der Waals surface area (Å²) in [5.41, 5.74) is 0. The topological polar surface area (TPSA) is 15.3 Å². The van der Waals surface area contributed by atoms with Gasteiger partial charge in [-0.25, -0.2) is 0 Å². The first-order valence-electron chi connectivity index (χ1n) is 6.90. The highest BCUT2D eigenvalue weighted by Gasteiger charge is 2.40. The fraction of sp³-hybridized carbons (Fsp3) is 0.714. The van der Waals surface area contributed by atoms with Crippen molar-refractivity contribution in [3.05, 3.63) is 22.4 Å². The molecule has 1 aliphatic heterocycles. The van der Waals surface area contributed by atoms with Crippen LogP contribution in [0.1, 0.15) is 37.1 Å². The molecule has 3 rings (SSSR count). The first-order valence-corrected chi connectivity index (χ1v) is 7.78. The summed E-state index contributed by atoms with van der Waals surface area (Å²) in [5.74, 6) is 0.931. The second kappa shape index (κ2) is 5.09. The van der Waals surface area contributed by atoms with E-state index in [-0.39, 0.29) is 0 Å². The summed E-state index contributed by atoms with van der Waals surface area (Å²) in [6, 6.07) is 6.03. The summed E-state index contributed by atoms with van der Waals surface area (Å²) < 4.78 is 0. The molecule has 17 heavy (non-hydrogen) atoms. The summed E-state index contributed by atoms with van der Waals surface area (Å²) in [6.07, 6.45) is 4.14. The van der Waals surface area contributed by atoms with Crippen LogP contribution in [0, 0.1) is 5.92 Å². The van der Waals surface area contributed by atoms with Crippen LogP contribution in [0.15, 0.2) is 17.5 Å². The van der Waals surface area contributed by atoms with E-state index in [2.05, 4.69) is 34.7 Å². The monoisotopic (exact) mass is 250 g/mol. The third-order valence-corrected chi connectivity index (χ3v) is 4.91. The molecule has 2 heterocycles. The van der Waals surface area contributed by atoms with Crippen LogP contribution in [0.5, 0.6) is 0 Å². The normalized spacial score (nSPS) is 22.7. The number of hydrogen-bond donors (Lipinski definition) is 1. The van der Waals surface area contributed by atoms with Crippen LogP contribution < -0.4 is 5.32 Å². The van der Waals surface area contributed by atoms with Crippen molar-refractivity contribution in [2.24, 2.45) is 5.92 Å². The van der Waals surface area contributed by atoms with E-state index >= 15 is 0 Å². The van der Waals surface area contributed by atoms with Gasteiger partial charge in [0, 0.05) is 30.1 Å². The minimum absolute atomic E-state index is 0.710. The van der Waals surface area contributed by atoms with Gasteiger partial charge in [-0.2, -0.15) is 0 Å². The zero-order valence-electron chi connectivity index (χ0n) is 10.6. The van der Waals surface area contributed by atoms with Gasteiger partial charge >= 0.3 is 0 Å². The average molecular weight is 250 g/mol. The predicted octanol–water partition coefficient (Wildman–Crippen LogP) is 2.88. The van der Waals surface area contributed by atoms with E-state index < -0.39 is 0 Å². The molecule has 0 amide bonds. The molecule has 1 saturated heterocycles. The van der Waals surface area contributed by atoms with Crippen molar-refractivity contribution in [2.75, 3.05) is 19.6 Å². The number of rotatable bonds is 6. The van der Waals surface area contributed by atoms with Gasteiger partial charge in [0.25, 0.3) is 0 Å². The lowest BCUT2D eigenvalue weighted by Crippen LogP contribution is -2.58. The maximum Gasteiger partial charge on any atom is 0.0473 e. The van der Waals surface area contributed by atoms with Gasteiger partial charge in [0.1, 0.15) is 0 Å². The van der Waals surface area contributed by atoms with Crippen LogP contribution in [-0.2, 0) is 0 Å². The van der Waals surface area contributed by atoms with Crippen molar-refractivity contribution in [3.8, 4) is 0 Å². The Hall–Kier alpha value is -0.380. The molecule has 0 radical (unpaired) electrons. The second-order valence-corrected chi connectivity index (χ2v) is 6.33. The smallest absolute Gasteiger partial charge is 0.0473 e. The molecule has 3 heteroatoms. The average Bonchev–Trinajstić information content (AvgIpc) is 2.92. The Bertz CT molecular complexity index is 341. The summed E-state index contributed by atoms with van der Waals surface area (Å²) in [4.78, 5) is 4.37. The SMILES string of the molecule is CCCN(C1CNC1)C(c1cccs1)C1CC1. The van der Waals surface area contributed by atoms with E-state index in [9.17, 15) is 0 Å². The molecule has 2 aliphatic rings. The largest absolute Gasteiger partial charge is 0.314 e. The molecular weight excluding hydrogens is 228 g/mol. The van der Waals surface area contributed by atoms with Crippen LogP contribution >= 0.6 is 11.3 Å². The van der Waals surface area contributed by atoms with Crippen molar-refractivity contribution in [1.82, 2.24) is 10.2 Å². The molecule has 0 bridgehead atoms. The van der Waals surface area contributed by atoms with Gasteiger partial charge in [-0.05, 0) is 43.2 Å². The fourth-order valence-electron chi connectivity index (χ4n) is 2.85. The molecule has 0 aromatic carbocycles. The number of nitrogens with one attached hydrogen (secondary N) is 1. The first-order chi connectivity index (χ1) is 8.40. The summed E-state index contributed by atoms with van der Waals surface area (Å²) in [6.45, 7) is 5.94. The van der Waals surface area contributed by atoms with Crippen molar-refractivity contribution in [2.45, 2.75) is 38.3 Å². The molecule has 2 fully saturated rings. The van der Waals surface area contributed by atoms with E-state index in [0.717, 1.165) is 12.0 Å². The number of nitrogens with zero attached hydrogens (tertiary/aromatic N) is 1. The molecule has 0 spiro atoms. The predicted molar refractivity (Wildman–Crippen MR) is 73.4 cm³/mol. The Kier molecular flexibility index (Phi) is 3.50. The Morgan fingerprint density at radius 1 is 1.47 bits per heavy atom. The van der Waals surface area contributed by atoms with Crippen LogP contribution in [0.25, 0.3) is 0 Å². The quantitative estimate of drug-likeness (QED) is 0.835. The van der Waals surface area contributed by atoms with Gasteiger partial charge in [0.05, 0.1) is 0 Å². The molecular formula is C14H22N2S. The van der Waals surface area contributed by atoms with Crippen molar-refractivity contribution in [1.29, 1.82) is 0 Å². The molecule has 1 aliphatic carbocycles. The molecule has 94 valence electrons. The highest BCUT2D eigenvalue weighted by Crippen LogP contribution is 2.46. The van der Waals surface area contributed by atoms with Crippen LogP contribution in [0.2, 0.25) is 0 Å². The highest BCUT2D eigenvalue weighted by atomic mass is 32.1. The van der Waals surface area contributed by atoms with Crippen LogP contribution in [-0.4, -0.2) is 30.6 Å². The van der Waals surface area contributed by atoms with E-state index in [1.807, 2.05) is 11.3 Å². The molecule has 1 atom stereocenters. The first kappa shape index (κ1) is 11.7. The Morgan fingerprint density at radius 3 is 2.76 bits per heavy atom. The lowest BCUT2D eigenvalue weighted by molar-refractivity contribution is 0.0840. The van der Waals surface area contributed by atoms with E-state index in [0.29, 0.717) is 6.04 Å². The van der Waals surface area contributed by atoms with Crippen LogP contribution in [0.4, 0.5) is 0 Å². The summed E-state index contributed by atoms with van der Waals surface area (Å²) in [7, 11) is 0. The fourth-order valence-corrected chi connectivity index (χ4v) is 3.79. The van der Waals surface area contributed by atoms with Gasteiger partial charge in [0.15, 0.2) is 0 Å². The maximum absolute atomic E-state index is 3.42. The zero-order valence-corrected chi connectivity index (χ0v) is 11.4. The lowest BCUT2D eigenvalue weighted by Gasteiger charge is -2.43. The minimum Gasteiger partial charge on any atom is -0.314 e. The maximum atomic E-state index is 3.42. The molecule has 2 nitrogen and oxygen atoms in total. The second-order valence-electron chi connectivity index (χ2n) is 5.35. The zero-order chi connectivity index (χ0) is 11.7. The molecule has 1 saturated carbocycles. The summed E-state index contributed by atoms with van der Waals surface area (Å²) >= 11 is 1.94. The lowest BCUT2D eigenvalue weighted by atomic mass is 10.0. The standard InChI is InChI=1S/C14H22N2S/c1-2-7-16(12-9-15-10-12)14(11-5-6-11)13-4-3-8-17-13/h3-4,8,11-12,14-15H,2,5-7,9-10H2,1H3. The minimum atomic E-state index is 0.710. The Labute approximate surface area is 108 Å². The van der Waals surface area contributed by atoms with Gasteiger partial charge in [-0.15, -0.1) is 11.3 Å². The van der Waals surface area contributed by atoms with E-state index in [4.69, 9.17) is 0 Å². The van der Waals surface area contributed by atoms with E-state index in [1.165, 1.54) is 38.9 Å². The molecule has 1 aromatic heterocycles. The summed E-state index contributed by atoms with van der Waals surface area (Å²) in [5, 5.41) is 5.65. The van der Waals surface area contributed by atoms with Gasteiger partial charge in [-0.1, -0.05) is 13.0 Å². The molecule has 1 aromatic rings. The van der Waals surface area contributed by atoms with Gasteiger partial charge in [-0.3, -0.25) is 4.90 Å². The highest BCUT2D eigenvalue weighted by molar-refractivity contribution is 7.10. The number of hydrogen-bond acceptors (Lipinski definition) is 3. The molecule has 1 N–H and O–H groups in total. The Balaban J connectivity index is 1.79.